The fourth-order valence-electron chi connectivity index (χ4n) is 1.87. The summed E-state index contributed by atoms with van der Waals surface area (Å²) in [4.78, 5) is 12.1. The Kier molecular flexibility index (Phi) is 5.23. The second-order valence-corrected chi connectivity index (χ2v) is 7.14. The first kappa shape index (κ1) is 17.2. The van der Waals surface area contributed by atoms with Crippen LogP contribution in [0.15, 0.2) is 48.5 Å². The Morgan fingerprint density at radius 2 is 1.70 bits per heavy atom. The third-order valence-corrected chi connectivity index (χ3v) is 4.32. The van der Waals surface area contributed by atoms with Crippen LogP contribution in [0, 0.1) is 5.82 Å². The van der Waals surface area contributed by atoms with Gasteiger partial charge in [0.15, 0.2) is 0 Å². The predicted octanol–water partition coefficient (Wildman–Crippen LogP) is 2.88. The van der Waals surface area contributed by atoms with Crippen molar-refractivity contribution in [3.05, 3.63) is 59.4 Å². The van der Waals surface area contributed by atoms with E-state index in [1.54, 1.807) is 24.3 Å². The molecule has 0 atom stereocenters. The number of rotatable bonds is 5. The minimum absolute atomic E-state index is 0.208. The van der Waals surface area contributed by atoms with Gasteiger partial charge in [-0.15, -0.1) is 0 Å². The van der Waals surface area contributed by atoms with Crippen LogP contribution in [0.25, 0.3) is 0 Å². The molecule has 0 unspecified atom stereocenters. The van der Waals surface area contributed by atoms with Crippen LogP contribution < -0.4 is 9.62 Å². The highest BCUT2D eigenvalue weighted by atomic mass is 35.5. The van der Waals surface area contributed by atoms with Crippen molar-refractivity contribution >= 4 is 38.9 Å². The number of anilines is 2. The molecular weight excluding hydrogens is 343 g/mol. The molecule has 0 radical (unpaired) electrons. The third kappa shape index (κ3) is 4.94. The highest BCUT2D eigenvalue weighted by molar-refractivity contribution is 7.92. The molecule has 23 heavy (non-hydrogen) atoms. The molecule has 0 saturated heterocycles. The summed E-state index contributed by atoms with van der Waals surface area (Å²) in [6, 6.07) is 11.3. The smallest absolute Gasteiger partial charge is 0.245 e. The van der Waals surface area contributed by atoms with Crippen molar-refractivity contribution in [2.24, 2.45) is 0 Å². The zero-order valence-electron chi connectivity index (χ0n) is 12.2. The number of benzene rings is 2. The molecule has 0 aliphatic carbocycles. The van der Waals surface area contributed by atoms with Gasteiger partial charge in [-0.05, 0) is 48.5 Å². The van der Waals surface area contributed by atoms with Crippen LogP contribution >= 0.6 is 11.6 Å². The van der Waals surface area contributed by atoms with Crippen LogP contribution in [0.4, 0.5) is 15.8 Å². The summed E-state index contributed by atoms with van der Waals surface area (Å²) in [7, 11) is -3.70. The molecule has 1 N–H and O–H groups in total. The normalized spacial score (nSPS) is 11.1. The Balaban J connectivity index is 2.16. The molecule has 0 aliphatic rings. The van der Waals surface area contributed by atoms with E-state index >= 15 is 0 Å². The molecule has 0 aliphatic heterocycles. The van der Waals surface area contributed by atoms with Crippen molar-refractivity contribution in [1.82, 2.24) is 0 Å². The van der Waals surface area contributed by atoms with Gasteiger partial charge < -0.3 is 5.32 Å². The lowest BCUT2D eigenvalue weighted by atomic mass is 10.3. The standard InChI is InChI=1S/C15H14ClFN2O3S/c1-23(21,22)19(14-8-4-12(17)5-9-14)10-15(20)18-13-6-2-11(16)3-7-13/h2-9H,10H2,1H3,(H,18,20). The fraction of sp³-hybridized carbons (Fsp3) is 0.133. The topological polar surface area (TPSA) is 66.5 Å². The summed E-state index contributed by atoms with van der Waals surface area (Å²) in [5.41, 5.74) is 0.701. The third-order valence-electron chi connectivity index (χ3n) is 2.93. The van der Waals surface area contributed by atoms with Crippen molar-refractivity contribution in [1.29, 1.82) is 0 Å². The Hall–Kier alpha value is -2.12. The van der Waals surface area contributed by atoms with Crippen molar-refractivity contribution in [3.8, 4) is 0 Å². The summed E-state index contributed by atoms with van der Waals surface area (Å²) in [5, 5.41) is 3.10. The molecule has 0 spiro atoms. The number of hydrogen-bond acceptors (Lipinski definition) is 3. The number of carbonyl (C=O) groups is 1. The molecule has 0 aromatic heterocycles. The molecule has 5 nitrogen and oxygen atoms in total. The predicted molar refractivity (Wildman–Crippen MR) is 88.7 cm³/mol. The monoisotopic (exact) mass is 356 g/mol. The van der Waals surface area contributed by atoms with Gasteiger partial charge in [0.1, 0.15) is 12.4 Å². The quantitative estimate of drug-likeness (QED) is 0.895. The first-order valence-corrected chi connectivity index (χ1v) is 8.77. The number of carbonyl (C=O) groups excluding carboxylic acids is 1. The Bertz CT molecular complexity index is 792. The number of halogens is 2. The molecule has 0 fully saturated rings. The summed E-state index contributed by atoms with van der Waals surface area (Å²) >= 11 is 5.75. The average Bonchev–Trinajstić information content (AvgIpc) is 2.47. The second kappa shape index (κ2) is 6.97. The number of nitrogens with one attached hydrogen (secondary N) is 1. The van der Waals surface area contributed by atoms with Gasteiger partial charge >= 0.3 is 0 Å². The molecule has 8 heteroatoms. The van der Waals surface area contributed by atoms with Gasteiger partial charge in [-0.3, -0.25) is 9.10 Å². The van der Waals surface area contributed by atoms with Crippen molar-refractivity contribution in [2.75, 3.05) is 22.4 Å². The minimum Gasteiger partial charge on any atom is -0.325 e. The second-order valence-electron chi connectivity index (χ2n) is 4.80. The Labute approximate surface area is 138 Å². The van der Waals surface area contributed by atoms with Crippen LogP contribution in [-0.2, 0) is 14.8 Å². The van der Waals surface area contributed by atoms with E-state index < -0.39 is 28.3 Å². The average molecular weight is 357 g/mol. The number of amides is 1. The molecule has 0 bridgehead atoms. The van der Waals surface area contributed by atoms with E-state index in [-0.39, 0.29) is 5.69 Å². The number of nitrogens with zero attached hydrogens (tertiary/aromatic N) is 1. The van der Waals surface area contributed by atoms with Crippen molar-refractivity contribution < 1.29 is 17.6 Å². The minimum atomic E-state index is -3.70. The largest absolute Gasteiger partial charge is 0.325 e. The highest BCUT2D eigenvalue weighted by Crippen LogP contribution is 2.18. The van der Waals surface area contributed by atoms with Crippen molar-refractivity contribution in [3.63, 3.8) is 0 Å². The molecule has 2 aromatic rings. The van der Waals surface area contributed by atoms with E-state index in [1.165, 1.54) is 12.1 Å². The van der Waals surface area contributed by atoms with Crippen LogP contribution in [0.2, 0.25) is 5.02 Å². The van der Waals surface area contributed by atoms with Crippen LogP contribution in [0.5, 0.6) is 0 Å². The molecule has 122 valence electrons. The summed E-state index contributed by atoms with van der Waals surface area (Å²) in [6.45, 7) is -0.424. The Morgan fingerprint density at radius 3 is 2.22 bits per heavy atom. The summed E-state index contributed by atoms with van der Waals surface area (Å²) < 4.78 is 37.6. The maximum atomic E-state index is 13.0. The van der Waals surface area contributed by atoms with E-state index in [4.69, 9.17) is 11.6 Å². The van der Waals surface area contributed by atoms with E-state index in [2.05, 4.69) is 5.32 Å². The lowest BCUT2D eigenvalue weighted by Gasteiger charge is -2.21. The summed E-state index contributed by atoms with van der Waals surface area (Å²) in [5.74, 6) is -1.02. The lowest BCUT2D eigenvalue weighted by Crippen LogP contribution is -2.37. The van der Waals surface area contributed by atoms with Crippen LogP contribution in [0.3, 0.4) is 0 Å². The molecule has 0 heterocycles. The van der Waals surface area contributed by atoms with E-state index in [0.717, 1.165) is 22.7 Å². The molecule has 0 saturated carbocycles. The lowest BCUT2D eigenvalue weighted by molar-refractivity contribution is -0.114. The Morgan fingerprint density at radius 1 is 1.13 bits per heavy atom. The highest BCUT2D eigenvalue weighted by Gasteiger charge is 2.20. The van der Waals surface area contributed by atoms with Gasteiger partial charge in [-0.25, -0.2) is 12.8 Å². The molecule has 2 aromatic carbocycles. The maximum Gasteiger partial charge on any atom is 0.245 e. The number of hydrogen-bond donors (Lipinski definition) is 1. The zero-order valence-corrected chi connectivity index (χ0v) is 13.7. The number of sulfonamides is 1. The van der Waals surface area contributed by atoms with Gasteiger partial charge in [-0.2, -0.15) is 0 Å². The van der Waals surface area contributed by atoms with Gasteiger partial charge in [0.05, 0.1) is 11.9 Å². The van der Waals surface area contributed by atoms with E-state index in [9.17, 15) is 17.6 Å². The van der Waals surface area contributed by atoms with Crippen LogP contribution in [0.1, 0.15) is 0 Å². The van der Waals surface area contributed by atoms with E-state index in [0.29, 0.717) is 10.7 Å². The SMILES string of the molecule is CS(=O)(=O)N(CC(=O)Nc1ccc(Cl)cc1)c1ccc(F)cc1. The van der Waals surface area contributed by atoms with Gasteiger partial charge in [-0.1, -0.05) is 11.6 Å². The summed E-state index contributed by atoms with van der Waals surface area (Å²) in [6.07, 6.45) is 0.978. The van der Waals surface area contributed by atoms with Crippen LogP contribution in [-0.4, -0.2) is 27.1 Å². The first-order chi connectivity index (χ1) is 10.8. The van der Waals surface area contributed by atoms with Crippen molar-refractivity contribution in [2.45, 2.75) is 0 Å². The maximum absolute atomic E-state index is 13.0. The molecular formula is C15H14ClFN2O3S. The van der Waals surface area contributed by atoms with Gasteiger partial charge in [0.2, 0.25) is 15.9 Å². The van der Waals surface area contributed by atoms with Gasteiger partial charge in [0, 0.05) is 10.7 Å². The van der Waals surface area contributed by atoms with Gasteiger partial charge in [0.25, 0.3) is 0 Å². The fourth-order valence-corrected chi connectivity index (χ4v) is 2.85. The van der Waals surface area contributed by atoms with E-state index in [1.807, 2.05) is 0 Å². The molecule has 1 amide bonds. The zero-order chi connectivity index (χ0) is 17.0. The molecule has 2 rings (SSSR count). The first-order valence-electron chi connectivity index (χ1n) is 6.54.